The number of benzene rings is 2. The SMILES string of the molecule is O=C(CCc1ccc(C=S)cc1)c1ccccc1C=S. The molecule has 0 aliphatic rings. The lowest BCUT2D eigenvalue weighted by atomic mass is 9.99. The third-order valence-corrected chi connectivity index (χ3v) is 3.67. The lowest BCUT2D eigenvalue weighted by Gasteiger charge is -2.05. The molecule has 1 nitrogen and oxygen atoms in total. The van der Waals surface area contributed by atoms with Crippen LogP contribution in [-0.2, 0) is 6.42 Å². The lowest BCUT2D eigenvalue weighted by molar-refractivity contribution is 0.0983. The Balaban J connectivity index is 2.04. The Morgan fingerprint density at radius 1 is 0.950 bits per heavy atom. The van der Waals surface area contributed by atoms with Crippen LogP contribution in [0.15, 0.2) is 48.5 Å². The highest BCUT2D eigenvalue weighted by atomic mass is 32.1. The summed E-state index contributed by atoms with van der Waals surface area (Å²) in [5.41, 5.74) is 3.68. The Bertz CT molecular complexity index is 630. The summed E-state index contributed by atoms with van der Waals surface area (Å²) in [6, 6.07) is 15.4. The molecular weight excluding hydrogens is 284 g/mol. The van der Waals surface area contributed by atoms with E-state index in [1.54, 1.807) is 10.7 Å². The van der Waals surface area contributed by atoms with Gasteiger partial charge in [-0.05, 0) is 23.1 Å². The normalized spacial score (nSPS) is 10.0. The van der Waals surface area contributed by atoms with E-state index in [9.17, 15) is 4.79 Å². The van der Waals surface area contributed by atoms with Gasteiger partial charge >= 0.3 is 0 Å². The largest absolute Gasteiger partial charge is 0.294 e. The van der Waals surface area contributed by atoms with Gasteiger partial charge in [0.2, 0.25) is 0 Å². The van der Waals surface area contributed by atoms with Crippen molar-refractivity contribution in [3.8, 4) is 0 Å². The average Bonchev–Trinajstić information content (AvgIpc) is 2.53. The minimum absolute atomic E-state index is 0.126. The van der Waals surface area contributed by atoms with Gasteiger partial charge in [-0.15, -0.1) is 0 Å². The first-order valence-corrected chi connectivity index (χ1v) is 7.30. The molecule has 2 aromatic rings. The summed E-state index contributed by atoms with van der Waals surface area (Å²) >= 11 is 9.81. The molecule has 0 aromatic heterocycles. The van der Waals surface area contributed by atoms with Crippen LogP contribution in [0, 0.1) is 0 Å². The van der Waals surface area contributed by atoms with Crippen molar-refractivity contribution < 1.29 is 4.79 Å². The molecule has 20 heavy (non-hydrogen) atoms. The van der Waals surface area contributed by atoms with Crippen LogP contribution < -0.4 is 0 Å². The van der Waals surface area contributed by atoms with Crippen LogP contribution in [0.5, 0.6) is 0 Å². The summed E-state index contributed by atoms with van der Waals surface area (Å²) in [6.45, 7) is 0. The van der Waals surface area contributed by atoms with Crippen molar-refractivity contribution >= 4 is 41.0 Å². The number of aryl methyl sites for hydroxylation is 1. The summed E-state index contributed by atoms with van der Waals surface area (Å²) in [7, 11) is 0. The van der Waals surface area contributed by atoms with Crippen LogP contribution in [0.3, 0.4) is 0 Å². The van der Waals surface area contributed by atoms with E-state index in [1.165, 1.54) is 0 Å². The fourth-order valence-corrected chi connectivity index (χ4v) is 2.37. The maximum Gasteiger partial charge on any atom is 0.163 e. The Hall–Kier alpha value is -1.71. The Kier molecular flexibility index (Phi) is 5.27. The lowest BCUT2D eigenvalue weighted by Crippen LogP contribution is -2.04. The summed E-state index contributed by atoms with van der Waals surface area (Å²) in [5, 5.41) is 3.20. The molecule has 0 heterocycles. The molecule has 2 aromatic carbocycles. The van der Waals surface area contributed by atoms with Gasteiger partial charge in [-0.1, -0.05) is 73.0 Å². The van der Waals surface area contributed by atoms with Gasteiger partial charge in [-0.25, -0.2) is 0 Å². The van der Waals surface area contributed by atoms with Crippen LogP contribution in [0.25, 0.3) is 0 Å². The van der Waals surface area contributed by atoms with Gasteiger partial charge in [0.1, 0.15) is 0 Å². The molecule has 0 saturated carbocycles. The maximum absolute atomic E-state index is 12.2. The highest BCUT2D eigenvalue weighted by molar-refractivity contribution is 7.79. The zero-order chi connectivity index (χ0) is 14.4. The Morgan fingerprint density at radius 3 is 2.30 bits per heavy atom. The van der Waals surface area contributed by atoms with Gasteiger partial charge < -0.3 is 0 Å². The number of hydrogen-bond acceptors (Lipinski definition) is 3. The van der Waals surface area contributed by atoms with E-state index >= 15 is 0 Å². The van der Waals surface area contributed by atoms with Crippen molar-refractivity contribution in [3.05, 3.63) is 70.8 Å². The van der Waals surface area contributed by atoms with E-state index in [2.05, 4.69) is 0 Å². The molecule has 0 N–H and O–H groups in total. The quantitative estimate of drug-likeness (QED) is 0.588. The highest BCUT2D eigenvalue weighted by Crippen LogP contribution is 2.12. The van der Waals surface area contributed by atoms with E-state index in [1.807, 2.05) is 48.5 Å². The first-order chi connectivity index (χ1) is 9.74. The van der Waals surface area contributed by atoms with E-state index < -0.39 is 0 Å². The second-order valence-corrected chi connectivity index (χ2v) is 4.96. The van der Waals surface area contributed by atoms with Crippen molar-refractivity contribution in [1.82, 2.24) is 0 Å². The third-order valence-electron chi connectivity index (χ3n) is 3.14. The van der Waals surface area contributed by atoms with Gasteiger partial charge in [0.05, 0.1) is 0 Å². The van der Waals surface area contributed by atoms with Crippen LogP contribution in [0.1, 0.15) is 33.5 Å². The first kappa shape index (κ1) is 14.7. The molecular formula is C17H14OS2. The van der Waals surface area contributed by atoms with Crippen molar-refractivity contribution in [2.24, 2.45) is 0 Å². The smallest absolute Gasteiger partial charge is 0.163 e. The second kappa shape index (κ2) is 7.17. The standard InChI is InChI=1S/C17H14OS2/c18-17(16-4-2-1-3-15(16)12-20)10-9-13-5-7-14(11-19)8-6-13/h1-8,11-12H,9-10H2. The number of hydrogen-bond donors (Lipinski definition) is 0. The summed E-state index contributed by atoms with van der Waals surface area (Å²) in [6.07, 6.45) is 1.21. The van der Waals surface area contributed by atoms with Gasteiger partial charge in [-0.2, -0.15) is 0 Å². The predicted molar refractivity (Wildman–Crippen MR) is 91.0 cm³/mol. The summed E-state index contributed by atoms with van der Waals surface area (Å²) in [5.74, 6) is 0.126. The highest BCUT2D eigenvalue weighted by Gasteiger charge is 2.09. The molecule has 0 amide bonds. The predicted octanol–water partition coefficient (Wildman–Crippen LogP) is 4.20. The second-order valence-electron chi connectivity index (χ2n) is 4.49. The van der Waals surface area contributed by atoms with Crippen molar-refractivity contribution in [2.75, 3.05) is 0 Å². The van der Waals surface area contributed by atoms with Gasteiger partial charge in [-0.3, -0.25) is 4.79 Å². The maximum atomic E-state index is 12.2. The van der Waals surface area contributed by atoms with E-state index in [0.29, 0.717) is 12.0 Å². The van der Waals surface area contributed by atoms with Gasteiger partial charge in [0, 0.05) is 22.7 Å². The molecule has 2 rings (SSSR count). The molecule has 0 spiro atoms. The Labute approximate surface area is 129 Å². The average molecular weight is 298 g/mol. The number of rotatable bonds is 6. The van der Waals surface area contributed by atoms with Gasteiger partial charge in [0.25, 0.3) is 0 Å². The molecule has 0 radical (unpaired) electrons. The molecule has 100 valence electrons. The molecule has 0 bridgehead atoms. The molecule has 0 unspecified atom stereocenters. The molecule has 0 saturated heterocycles. The minimum atomic E-state index is 0.126. The number of thiocarbonyl (C=S) groups is 2. The van der Waals surface area contributed by atoms with Crippen LogP contribution in [-0.4, -0.2) is 16.5 Å². The zero-order valence-electron chi connectivity index (χ0n) is 10.9. The molecule has 0 fully saturated rings. The molecule has 0 aliphatic carbocycles. The van der Waals surface area contributed by atoms with Crippen LogP contribution in [0.4, 0.5) is 0 Å². The van der Waals surface area contributed by atoms with E-state index in [4.69, 9.17) is 24.4 Å². The number of carbonyl (C=O) groups excluding carboxylic acids is 1. The summed E-state index contributed by atoms with van der Waals surface area (Å²) in [4.78, 5) is 12.2. The number of carbonyl (C=O) groups is 1. The fourth-order valence-electron chi connectivity index (χ4n) is 2.01. The molecule has 0 atom stereocenters. The molecule has 0 aliphatic heterocycles. The number of Topliss-reactive ketones (excluding diaryl/α,β-unsaturated/α-hetero) is 1. The Morgan fingerprint density at radius 2 is 1.65 bits per heavy atom. The van der Waals surface area contributed by atoms with Crippen LogP contribution >= 0.6 is 24.4 Å². The molecule has 3 heteroatoms. The fraction of sp³-hybridized carbons (Fsp3) is 0.118. The van der Waals surface area contributed by atoms with Crippen molar-refractivity contribution in [2.45, 2.75) is 12.8 Å². The van der Waals surface area contributed by atoms with E-state index in [0.717, 1.165) is 23.1 Å². The number of ketones is 1. The monoisotopic (exact) mass is 298 g/mol. The first-order valence-electron chi connectivity index (χ1n) is 6.36. The van der Waals surface area contributed by atoms with Crippen molar-refractivity contribution in [1.29, 1.82) is 0 Å². The van der Waals surface area contributed by atoms with Gasteiger partial charge in [0.15, 0.2) is 5.78 Å². The zero-order valence-corrected chi connectivity index (χ0v) is 12.5. The third kappa shape index (κ3) is 3.65. The van der Waals surface area contributed by atoms with Crippen LogP contribution in [0.2, 0.25) is 0 Å². The topological polar surface area (TPSA) is 17.1 Å². The minimum Gasteiger partial charge on any atom is -0.294 e. The summed E-state index contributed by atoms with van der Waals surface area (Å²) < 4.78 is 0. The van der Waals surface area contributed by atoms with Crippen molar-refractivity contribution in [3.63, 3.8) is 0 Å². The van der Waals surface area contributed by atoms with E-state index in [-0.39, 0.29) is 5.78 Å².